The minimum atomic E-state index is -0.437. The molecule has 0 aliphatic heterocycles. The second-order valence-electron chi connectivity index (χ2n) is 5.60. The van der Waals surface area contributed by atoms with E-state index in [1.807, 2.05) is 13.8 Å². The van der Waals surface area contributed by atoms with Crippen molar-refractivity contribution in [3.8, 4) is 0 Å². The number of carbonyl (C=O) groups excluding carboxylic acids is 1. The van der Waals surface area contributed by atoms with E-state index < -0.39 is 10.5 Å². The fourth-order valence-electron chi connectivity index (χ4n) is 1.60. The van der Waals surface area contributed by atoms with Crippen molar-refractivity contribution in [1.82, 2.24) is 5.32 Å². The van der Waals surface area contributed by atoms with Crippen LogP contribution < -0.4 is 16.4 Å². The number of amides is 1. The molecule has 0 unspecified atom stereocenters. The number of nitrogens with two attached hydrogens (primary N) is 1. The van der Waals surface area contributed by atoms with Crippen molar-refractivity contribution < 1.29 is 9.72 Å². The molecule has 0 bridgehead atoms. The number of hydrogen-bond acceptors (Lipinski definition) is 5. The monoisotopic (exact) mass is 294 g/mol. The molecule has 116 valence electrons. The third kappa shape index (κ3) is 7.26. The predicted molar refractivity (Wildman–Crippen MR) is 82.1 cm³/mol. The Labute approximate surface area is 124 Å². The molecule has 0 spiro atoms. The number of nitrogens with zero attached hydrogens (tertiary/aromatic N) is 1. The van der Waals surface area contributed by atoms with E-state index in [4.69, 9.17) is 5.73 Å². The highest BCUT2D eigenvalue weighted by molar-refractivity contribution is 5.75. The van der Waals surface area contributed by atoms with Gasteiger partial charge in [0.2, 0.25) is 5.91 Å². The number of nitro groups is 1. The zero-order chi connectivity index (χ0) is 15.9. The summed E-state index contributed by atoms with van der Waals surface area (Å²) >= 11 is 0. The molecule has 7 heteroatoms. The molecule has 0 saturated heterocycles. The van der Waals surface area contributed by atoms with Gasteiger partial charge in [0.15, 0.2) is 0 Å². The first kappa shape index (κ1) is 16.9. The van der Waals surface area contributed by atoms with E-state index in [-0.39, 0.29) is 11.6 Å². The third-order valence-electron chi connectivity index (χ3n) is 2.73. The number of nitro benzene ring substituents is 1. The topological polar surface area (TPSA) is 110 Å². The Morgan fingerprint density at radius 3 is 2.48 bits per heavy atom. The number of benzene rings is 1. The fraction of sp³-hybridized carbons (Fsp3) is 0.500. The lowest BCUT2D eigenvalue weighted by Gasteiger charge is -2.18. The van der Waals surface area contributed by atoms with Crippen LogP contribution in [0.4, 0.5) is 11.4 Å². The van der Waals surface area contributed by atoms with Crippen LogP contribution in [0.2, 0.25) is 0 Å². The molecule has 21 heavy (non-hydrogen) atoms. The van der Waals surface area contributed by atoms with Gasteiger partial charge in [0.25, 0.3) is 5.69 Å². The van der Waals surface area contributed by atoms with E-state index in [0.29, 0.717) is 25.9 Å². The highest BCUT2D eigenvalue weighted by atomic mass is 16.6. The average Bonchev–Trinajstić information content (AvgIpc) is 2.41. The molecule has 0 radical (unpaired) electrons. The first-order valence-corrected chi connectivity index (χ1v) is 6.82. The van der Waals surface area contributed by atoms with E-state index in [0.717, 1.165) is 5.69 Å². The van der Waals surface area contributed by atoms with Crippen LogP contribution in [0, 0.1) is 10.1 Å². The van der Waals surface area contributed by atoms with Crippen LogP contribution in [-0.4, -0.2) is 29.5 Å². The van der Waals surface area contributed by atoms with E-state index >= 15 is 0 Å². The maximum atomic E-state index is 11.6. The Morgan fingerprint density at radius 2 is 1.95 bits per heavy atom. The molecule has 0 heterocycles. The van der Waals surface area contributed by atoms with Crippen LogP contribution in [0.15, 0.2) is 24.3 Å². The van der Waals surface area contributed by atoms with Gasteiger partial charge in [0.05, 0.1) is 4.92 Å². The summed E-state index contributed by atoms with van der Waals surface area (Å²) < 4.78 is 0. The Balaban J connectivity index is 2.22. The van der Waals surface area contributed by atoms with Gasteiger partial charge in [-0.25, -0.2) is 0 Å². The summed E-state index contributed by atoms with van der Waals surface area (Å²) in [5.41, 5.74) is 6.22. The predicted octanol–water partition coefficient (Wildman–Crippen LogP) is 1.64. The lowest BCUT2D eigenvalue weighted by atomic mass is 10.1. The van der Waals surface area contributed by atoms with Crippen molar-refractivity contribution in [2.24, 2.45) is 5.73 Å². The van der Waals surface area contributed by atoms with Crippen molar-refractivity contribution >= 4 is 17.3 Å². The minimum Gasteiger partial charge on any atom is -0.385 e. The highest BCUT2D eigenvalue weighted by Gasteiger charge is 2.11. The Hall–Kier alpha value is -2.15. The number of hydrogen-bond donors (Lipinski definition) is 3. The van der Waals surface area contributed by atoms with Crippen molar-refractivity contribution in [3.05, 3.63) is 34.4 Å². The van der Waals surface area contributed by atoms with Gasteiger partial charge < -0.3 is 16.4 Å². The van der Waals surface area contributed by atoms with Gasteiger partial charge >= 0.3 is 0 Å². The molecule has 1 amide bonds. The lowest BCUT2D eigenvalue weighted by molar-refractivity contribution is -0.384. The molecule has 0 atom stereocenters. The summed E-state index contributed by atoms with van der Waals surface area (Å²) in [6, 6.07) is 6.18. The largest absolute Gasteiger partial charge is 0.385 e. The van der Waals surface area contributed by atoms with Gasteiger partial charge in [-0.1, -0.05) is 0 Å². The smallest absolute Gasteiger partial charge is 0.269 e. The Morgan fingerprint density at radius 1 is 1.33 bits per heavy atom. The van der Waals surface area contributed by atoms with Crippen molar-refractivity contribution in [2.75, 3.05) is 18.4 Å². The number of non-ortho nitro benzene ring substituents is 1. The molecule has 1 aromatic rings. The molecule has 0 fully saturated rings. The summed E-state index contributed by atoms with van der Waals surface area (Å²) in [7, 11) is 0. The molecular weight excluding hydrogens is 272 g/mol. The first-order valence-electron chi connectivity index (χ1n) is 6.82. The summed E-state index contributed by atoms with van der Waals surface area (Å²) in [5.74, 6) is -0.0287. The van der Waals surface area contributed by atoms with Crippen LogP contribution in [-0.2, 0) is 4.79 Å². The molecule has 4 N–H and O–H groups in total. The van der Waals surface area contributed by atoms with Gasteiger partial charge in [-0.15, -0.1) is 0 Å². The number of nitrogens with one attached hydrogen (secondary N) is 2. The second kappa shape index (κ2) is 7.58. The summed E-state index contributed by atoms with van der Waals surface area (Å²) in [5, 5.41) is 16.4. The van der Waals surface area contributed by atoms with E-state index in [1.165, 1.54) is 12.1 Å². The van der Waals surface area contributed by atoms with Gasteiger partial charge in [0, 0.05) is 42.9 Å². The van der Waals surface area contributed by atoms with Gasteiger partial charge in [-0.05, 0) is 32.4 Å². The maximum Gasteiger partial charge on any atom is 0.269 e. The fourth-order valence-corrected chi connectivity index (χ4v) is 1.60. The first-order chi connectivity index (χ1) is 9.78. The molecule has 0 saturated carbocycles. The van der Waals surface area contributed by atoms with Gasteiger partial charge in [-0.2, -0.15) is 0 Å². The van der Waals surface area contributed by atoms with Crippen LogP contribution in [0.5, 0.6) is 0 Å². The minimum absolute atomic E-state index is 0.0287. The van der Waals surface area contributed by atoms with Crippen molar-refractivity contribution in [2.45, 2.75) is 32.2 Å². The summed E-state index contributed by atoms with van der Waals surface area (Å²) in [4.78, 5) is 21.6. The number of carbonyl (C=O) groups is 1. The Kier molecular flexibility index (Phi) is 6.10. The Bertz CT molecular complexity index is 480. The lowest BCUT2D eigenvalue weighted by Crippen LogP contribution is -2.45. The van der Waals surface area contributed by atoms with Gasteiger partial charge in [0.1, 0.15) is 0 Å². The molecule has 1 rings (SSSR count). The molecule has 0 aliphatic rings. The van der Waals surface area contributed by atoms with E-state index in [1.54, 1.807) is 12.1 Å². The van der Waals surface area contributed by atoms with Gasteiger partial charge in [-0.3, -0.25) is 14.9 Å². The van der Waals surface area contributed by atoms with Crippen LogP contribution >= 0.6 is 0 Å². The summed E-state index contributed by atoms with van der Waals surface area (Å²) in [6.45, 7) is 4.77. The maximum absolute atomic E-state index is 11.6. The molecule has 0 aliphatic carbocycles. The summed E-state index contributed by atoms with van der Waals surface area (Å²) in [6.07, 6.45) is 1.09. The molecule has 7 nitrogen and oxygen atoms in total. The standard InChI is InChI=1S/C14H22N4O3/c1-14(2,15)10-17-13(19)4-3-9-16-11-5-7-12(8-6-11)18(20)21/h5-8,16H,3-4,9-10,15H2,1-2H3,(H,17,19). The zero-order valence-electron chi connectivity index (χ0n) is 12.4. The van der Waals surface area contributed by atoms with Crippen molar-refractivity contribution in [1.29, 1.82) is 0 Å². The number of rotatable bonds is 8. The molecule has 0 aromatic heterocycles. The quantitative estimate of drug-likeness (QED) is 0.383. The highest BCUT2D eigenvalue weighted by Crippen LogP contribution is 2.15. The zero-order valence-corrected chi connectivity index (χ0v) is 12.4. The van der Waals surface area contributed by atoms with Crippen LogP contribution in [0.3, 0.4) is 0 Å². The SMILES string of the molecule is CC(C)(N)CNC(=O)CCCNc1ccc([N+](=O)[O-])cc1. The van der Waals surface area contributed by atoms with E-state index in [2.05, 4.69) is 10.6 Å². The average molecular weight is 294 g/mol. The third-order valence-corrected chi connectivity index (χ3v) is 2.73. The molecular formula is C14H22N4O3. The number of anilines is 1. The van der Waals surface area contributed by atoms with Crippen molar-refractivity contribution in [3.63, 3.8) is 0 Å². The van der Waals surface area contributed by atoms with Crippen LogP contribution in [0.25, 0.3) is 0 Å². The second-order valence-corrected chi connectivity index (χ2v) is 5.60. The van der Waals surface area contributed by atoms with Crippen LogP contribution in [0.1, 0.15) is 26.7 Å². The normalized spacial score (nSPS) is 11.0. The van der Waals surface area contributed by atoms with E-state index in [9.17, 15) is 14.9 Å². The molecule has 1 aromatic carbocycles.